The largest absolute Gasteiger partial charge is 0.482 e. The van der Waals surface area contributed by atoms with E-state index in [1.54, 1.807) is 17.5 Å². The molecule has 3 heterocycles. The van der Waals surface area contributed by atoms with Crippen LogP contribution in [0.3, 0.4) is 0 Å². The number of amides is 2. The minimum absolute atomic E-state index is 0.0296. The van der Waals surface area contributed by atoms with E-state index in [9.17, 15) is 9.59 Å². The highest BCUT2D eigenvalue weighted by Gasteiger charge is 2.17. The summed E-state index contributed by atoms with van der Waals surface area (Å²) in [5.74, 6) is 0.282. The Hall–Kier alpha value is -2.71. The van der Waals surface area contributed by atoms with Crippen molar-refractivity contribution in [1.82, 2.24) is 4.98 Å². The number of thiazole rings is 1. The third-order valence-corrected chi connectivity index (χ3v) is 4.86. The van der Waals surface area contributed by atoms with Gasteiger partial charge >= 0.3 is 0 Å². The fraction of sp³-hybridized carbons (Fsp3) is 0.0625. The molecule has 0 atom stereocenters. The van der Waals surface area contributed by atoms with Crippen LogP contribution < -0.4 is 15.4 Å². The molecule has 2 aromatic heterocycles. The molecule has 120 valence electrons. The molecule has 0 radical (unpaired) electrons. The molecule has 6 nitrogen and oxygen atoms in total. The molecule has 4 rings (SSSR count). The van der Waals surface area contributed by atoms with Crippen LogP contribution in [-0.2, 0) is 4.79 Å². The molecule has 1 aliphatic heterocycles. The van der Waals surface area contributed by atoms with E-state index in [2.05, 4.69) is 15.6 Å². The first-order valence-electron chi connectivity index (χ1n) is 7.05. The number of fused-ring (bicyclic) bond motifs is 1. The average molecular weight is 357 g/mol. The van der Waals surface area contributed by atoms with Crippen molar-refractivity contribution in [1.29, 1.82) is 0 Å². The van der Waals surface area contributed by atoms with Crippen LogP contribution in [0.4, 0.5) is 10.8 Å². The first-order chi connectivity index (χ1) is 11.7. The molecule has 24 heavy (non-hydrogen) atoms. The maximum atomic E-state index is 12.0. The van der Waals surface area contributed by atoms with Crippen LogP contribution in [0.2, 0.25) is 0 Å². The molecule has 2 amide bonds. The summed E-state index contributed by atoms with van der Waals surface area (Å²) in [6, 6.07) is 7.25. The summed E-state index contributed by atoms with van der Waals surface area (Å²) >= 11 is 2.82. The first-order valence-corrected chi connectivity index (χ1v) is 8.87. The molecule has 0 aliphatic carbocycles. The van der Waals surface area contributed by atoms with Gasteiger partial charge in [0.15, 0.2) is 11.7 Å². The molecular weight excluding hydrogens is 346 g/mol. The quantitative estimate of drug-likeness (QED) is 0.752. The molecule has 0 spiro atoms. The fourth-order valence-electron chi connectivity index (χ4n) is 2.27. The molecular formula is C16H11N3O3S2. The van der Waals surface area contributed by atoms with Crippen LogP contribution in [0, 0.1) is 0 Å². The zero-order valence-corrected chi connectivity index (χ0v) is 13.9. The van der Waals surface area contributed by atoms with E-state index in [0.29, 0.717) is 22.1 Å². The predicted molar refractivity (Wildman–Crippen MR) is 93.9 cm³/mol. The Labute approximate surface area is 145 Å². The molecule has 0 unspecified atom stereocenters. The Balaban J connectivity index is 1.55. The van der Waals surface area contributed by atoms with Gasteiger partial charge in [-0.1, -0.05) is 0 Å². The number of hydrogen-bond donors (Lipinski definition) is 2. The monoisotopic (exact) mass is 357 g/mol. The molecule has 2 N–H and O–H groups in total. The van der Waals surface area contributed by atoms with E-state index in [1.165, 1.54) is 22.7 Å². The third kappa shape index (κ3) is 2.89. The Morgan fingerprint density at radius 2 is 2.21 bits per heavy atom. The number of anilines is 2. The Kier molecular flexibility index (Phi) is 3.75. The number of thiophene rings is 1. The summed E-state index contributed by atoms with van der Waals surface area (Å²) in [4.78, 5) is 27.9. The number of rotatable bonds is 3. The van der Waals surface area contributed by atoms with Crippen molar-refractivity contribution >= 4 is 45.3 Å². The third-order valence-electron chi connectivity index (χ3n) is 3.42. The van der Waals surface area contributed by atoms with Crippen molar-refractivity contribution in [3.05, 3.63) is 46.0 Å². The lowest BCUT2D eigenvalue weighted by Gasteiger charge is -2.18. The zero-order valence-electron chi connectivity index (χ0n) is 12.2. The summed E-state index contributed by atoms with van der Waals surface area (Å²) in [7, 11) is 0. The molecule has 0 fully saturated rings. The summed E-state index contributed by atoms with van der Waals surface area (Å²) in [6.45, 7) is 0.0296. The van der Waals surface area contributed by atoms with Gasteiger partial charge in [-0.3, -0.25) is 14.9 Å². The molecule has 0 saturated carbocycles. The molecule has 8 heteroatoms. The van der Waals surface area contributed by atoms with Crippen molar-refractivity contribution < 1.29 is 14.3 Å². The summed E-state index contributed by atoms with van der Waals surface area (Å²) in [5.41, 5.74) is 2.81. The van der Waals surface area contributed by atoms with E-state index in [4.69, 9.17) is 4.74 Å². The maximum Gasteiger partial charge on any atom is 0.262 e. The van der Waals surface area contributed by atoms with Crippen molar-refractivity contribution in [2.45, 2.75) is 0 Å². The Morgan fingerprint density at radius 3 is 3.04 bits per heavy atom. The van der Waals surface area contributed by atoms with Crippen molar-refractivity contribution in [3.63, 3.8) is 0 Å². The van der Waals surface area contributed by atoms with Crippen LogP contribution in [0.15, 0.2) is 40.4 Å². The van der Waals surface area contributed by atoms with E-state index in [0.717, 1.165) is 11.3 Å². The second-order valence-corrected chi connectivity index (χ2v) is 6.69. The normalized spacial score (nSPS) is 12.9. The van der Waals surface area contributed by atoms with E-state index < -0.39 is 0 Å². The number of nitrogens with one attached hydrogen (secondary N) is 2. The van der Waals surface area contributed by atoms with Gasteiger partial charge in [0.2, 0.25) is 0 Å². The van der Waals surface area contributed by atoms with Gasteiger partial charge in [-0.05, 0) is 29.6 Å². The predicted octanol–water partition coefficient (Wildman–Crippen LogP) is 3.45. The number of ether oxygens (including phenoxy) is 1. The number of hydrogen-bond acceptors (Lipinski definition) is 6. The molecule has 1 aliphatic rings. The molecule has 0 bridgehead atoms. The number of nitrogens with zero attached hydrogens (tertiary/aromatic N) is 1. The smallest absolute Gasteiger partial charge is 0.262 e. The van der Waals surface area contributed by atoms with Gasteiger partial charge in [-0.15, -0.1) is 11.3 Å². The SMILES string of the molecule is O=C1COc2ccc(-c3csc(NC(=O)c4ccsc4)n3)cc2N1. The van der Waals surface area contributed by atoms with Gasteiger partial charge in [0, 0.05) is 16.3 Å². The number of aromatic nitrogens is 1. The lowest BCUT2D eigenvalue weighted by atomic mass is 10.1. The van der Waals surface area contributed by atoms with Crippen molar-refractivity contribution in [2.75, 3.05) is 17.2 Å². The number of carbonyl (C=O) groups excluding carboxylic acids is 2. The van der Waals surface area contributed by atoms with E-state index >= 15 is 0 Å². The highest BCUT2D eigenvalue weighted by Crippen LogP contribution is 2.33. The second-order valence-electron chi connectivity index (χ2n) is 5.05. The van der Waals surface area contributed by atoms with Gasteiger partial charge in [0.05, 0.1) is 16.9 Å². The van der Waals surface area contributed by atoms with Crippen LogP contribution in [0.5, 0.6) is 5.75 Å². The summed E-state index contributed by atoms with van der Waals surface area (Å²) in [5, 5.41) is 11.6. The minimum Gasteiger partial charge on any atom is -0.482 e. The van der Waals surface area contributed by atoms with Crippen LogP contribution >= 0.6 is 22.7 Å². The highest BCUT2D eigenvalue weighted by molar-refractivity contribution is 7.14. The summed E-state index contributed by atoms with van der Waals surface area (Å²) in [6.07, 6.45) is 0. The van der Waals surface area contributed by atoms with Gasteiger partial charge in [0.1, 0.15) is 5.75 Å². The van der Waals surface area contributed by atoms with Gasteiger partial charge in [0.25, 0.3) is 11.8 Å². The zero-order chi connectivity index (χ0) is 16.5. The van der Waals surface area contributed by atoms with Crippen LogP contribution in [0.1, 0.15) is 10.4 Å². The maximum absolute atomic E-state index is 12.0. The standard InChI is InChI=1S/C16H11N3O3S2/c20-14-6-22-13-2-1-9(5-11(13)17-14)12-8-24-16(18-12)19-15(21)10-3-4-23-7-10/h1-5,7-8H,6H2,(H,17,20)(H,18,19,21). The van der Waals surface area contributed by atoms with Crippen LogP contribution in [0.25, 0.3) is 11.3 Å². The van der Waals surface area contributed by atoms with E-state index in [1.807, 2.05) is 22.9 Å². The minimum atomic E-state index is -0.179. The summed E-state index contributed by atoms with van der Waals surface area (Å²) < 4.78 is 5.34. The van der Waals surface area contributed by atoms with Gasteiger partial charge < -0.3 is 10.1 Å². The Bertz CT molecular complexity index is 919. The Morgan fingerprint density at radius 1 is 1.29 bits per heavy atom. The van der Waals surface area contributed by atoms with Crippen molar-refractivity contribution in [2.24, 2.45) is 0 Å². The lowest BCUT2D eigenvalue weighted by Crippen LogP contribution is -2.25. The molecule has 1 aromatic carbocycles. The topological polar surface area (TPSA) is 80.3 Å². The van der Waals surface area contributed by atoms with E-state index in [-0.39, 0.29) is 18.4 Å². The number of benzene rings is 1. The first kappa shape index (κ1) is 14.9. The molecule has 3 aromatic rings. The van der Waals surface area contributed by atoms with Gasteiger partial charge in [-0.2, -0.15) is 11.3 Å². The second kappa shape index (κ2) is 6.06. The van der Waals surface area contributed by atoms with Crippen molar-refractivity contribution in [3.8, 4) is 17.0 Å². The van der Waals surface area contributed by atoms with Gasteiger partial charge in [-0.25, -0.2) is 4.98 Å². The lowest BCUT2D eigenvalue weighted by molar-refractivity contribution is -0.118. The molecule has 0 saturated heterocycles. The average Bonchev–Trinajstić information content (AvgIpc) is 3.26. The fourth-order valence-corrected chi connectivity index (χ4v) is 3.62. The highest BCUT2D eigenvalue weighted by atomic mass is 32.1. The number of carbonyl (C=O) groups is 2. The van der Waals surface area contributed by atoms with Crippen LogP contribution in [-0.4, -0.2) is 23.4 Å².